The third-order valence-electron chi connectivity index (χ3n) is 3.69. The number of ether oxygens (including phenoxy) is 1. The van der Waals surface area contributed by atoms with Crippen LogP contribution in [0.25, 0.3) is 0 Å². The van der Waals surface area contributed by atoms with Crippen molar-refractivity contribution in [3.8, 4) is 0 Å². The molecule has 0 saturated heterocycles. The number of sulfonamides is 1. The van der Waals surface area contributed by atoms with Gasteiger partial charge in [0, 0.05) is 12.1 Å². The van der Waals surface area contributed by atoms with Gasteiger partial charge in [-0.05, 0) is 31.0 Å². The van der Waals surface area contributed by atoms with Gasteiger partial charge in [0.2, 0.25) is 10.0 Å². The lowest BCUT2D eigenvalue weighted by molar-refractivity contribution is 0.0600. The van der Waals surface area contributed by atoms with Crippen LogP contribution in [0.3, 0.4) is 0 Å². The van der Waals surface area contributed by atoms with Crippen LogP contribution in [0.4, 0.5) is 0 Å². The molecule has 1 aromatic carbocycles. The number of nitrogens with one attached hydrogen (secondary N) is 1. The summed E-state index contributed by atoms with van der Waals surface area (Å²) in [7, 11) is -2.44. The molecule has 1 aromatic rings. The number of benzene rings is 1. The molecule has 0 spiro atoms. The highest BCUT2D eigenvalue weighted by Crippen LogP contribution is 2.20. The molecular weight excluding hydrogens is 292 g/mol. The number of hydrogen-bond donors (Lipinski definition) is 2. The highest BCUT2D eigenvalue weighted by atomic mass is 32.2. The summed E-state index contributed by atoms with van der Waals surface area (Å²) in [6, 6.07) is 5.35. The van der Waals surface area contributed by atoms with E-state index in [-0.39, 0.29) is 22.5 Å². The molecule has 7 heteroatoms. The Bertz CT molecular complexity index is 615. The number of esters is 1. The number of nitrogens with two attached hydrogens (primary N) is 1. The van der Waals surface area contributed by atoms with Gasteiger partial charge < -0.3 is 10.5 Å². The lowest BCUT2D eigenvalue weighted by atomic mass is 9.92. The molecule has 21 heavy (non-hydrogen) atoms. The van der Waals surface area contributed by atoms with Crippen molar-refractivity contribution in [1.29, 1.82) is 0 Å². The number of carbonyl (C=O) groups excluding carboxylic acids is 1. The molecule has 0 bridgehead atoms. The number of hydrogen-bond acceptors (Lipinski definition) is 5. The first-order valence-electron chi connectivity index (χ1n) is 6.90. The van der Waals surface area contributed by atoms with E-state index in [1.54, 1.807) is 0 Å². The third kappa shape index (κ3) is 3.81. The largest absolute Gasteiger partial charge is 0.465 e. The van der Waals surface area contributed by atoms with Crippen molar-refractivity contribution in [2.45, 2.75) is 42.7 Å². The van der Waals surface area contributed by atoms with E-state index in [0.29, 0.717) is 0 Å². The predicted octanol–water partition coefficient (Wildman–Crippen LogP) is 1.02. The van der Waals surface area contributed by atoms with E-state index in [9.17, 15) is 13.2 Å². The van der Waals surface area contributed by atoms with Crippen LogP contribution in [0.15, 0.2) is 29.2 Å². The van der Waals surface area contributed by atoms with Gasteiger partial charge in [0.25, 0.3) is 0 Å². The van der Waals surface area contributed by atoms with Crippen LogP contribution >= 0.6 is 0 Å². The molecule has 116 valence electrons. The Balaban J connectivity index is 2.21. The van der Waals surface area contributed by atoms with Crippen molar-refractivity contribution in [3.63, 3.8) is 0 Å². The normalized spacial score (nSPS) is 22.8. The summed E-state index contributed by atoms with van der Waals surface area (Å²) in [5, 5.41) is 0. The quantitative estimate of drug-likeness (QED) is 0.809. The molecule has 3 N–H and O–H groups in total. The SMILES string of the molecule is COC(=O)c1cccc(S(=O)(=O)N[C@@H]2CCCC[C@H]2N)c1. The molecule has 1 aliphatic carbocycles. The summed E-state index contributed by atoms with van der Waals surface area (Å²) in [6.07, 6.45) is 3.53. The second-order valence-corrected chi connectivity index (χ2v) is 6.91. The van der Waals surface area contributed by atoms with Crippen LogP contribution < -0.4 is 10.5 Å². The highest BCUT2D eigenvalue weighted by Gasteiger charge is 2.27. The van der Waals surface area contributed by atoms with Gasteiger partial charge >= 0.3 is 5.97 Å². The number of methoxy groups -OCH3 is 1. The van der Waals surface area contributed by atoms with Gasteiger partial charge in [-0.2, -0.15) is 0 Å². The summed E-state index contributed by atoms with van der Waals surface area (Å²) in [5.41, 5.74) is 6.16. The van der Waals surface area contributed by atoms with Gasteiger partial charge in [-0.25, -0.2) is 17.9 Å². The van der Waals surface area contributed by atoms with E-state index in [1.807, 2.05) is 0 Å². The van der Waals surface area contributed by atoms with E-state index in [4.69, 9.17) is 5.73 Å². The molecule has 1 fully saturated rings. The molecule has 0 aliphatic heterocycles. The van der Waals surface area contributed by atoms with E-state index < -0.39 is 16.0 Å². The number of carbonyl (C=O) groups is 1. The lowest BCUT2D eigenvalue weighted by Crippen LogP contribution is -2.49. The van der Waals surface area contributed by atoms with Crippen LogP contribution in [0.1, 0.15) is 36.0 Å². The van der Waals surface area contributed by atoms with Gasteiger partial charge in [-0.15, -0.1) is 0 Å². The molecule has 0 amide bonds. The Morgan fingerprint density at radius 3 is 2.71 bits per heavy atom. The Morgan fingerprint density at radius 1 is 1.33 bits per heavy atom. The van der Waals surface area contributed by atoms with Crippen molar-refractivity contribution in [2.24, 2.45) is 5.73 Å². The molecule has 0 unspecified atom stereocenters. The Morgan fingerprint density at radius 2 is 2.05 bits per heavy atom. The van der Waals surface area contributed by atoms with Crippen molar-refractivity contribution in [3.05, 3.63) is 29.8 Å². The lowest BCUT2D eigenvalue weighted by Gasteiger charge is -2.29. The van der Waals surface area contributed by atoms with Gasteiger partial charge in [0.15, 0.2) is 0 Å². The highest BCUT2D eigenvalue weighted by molar-refractivity contribution is 7.89. The summed E-state index contributed by atoms with van der Waals surface area (Å²) in [5.74, 6) is -0.568. The first kappa shape index (κ1) is 15.9. The summed E-state index contributed by atoms with van der Waals surface area (Å²) < 4.78 is 32.0. The van der Waals surface area contributed by atoms with Crippen molar-refractivity contribution in [2.75, 3.05) is 7.11 Å². The maximum absolute atomic E-state index is 12.4. The van der Waals surface area contributed by atoms with Crippen molar-refractivity contribution in [1.82, 2.24) is 4.72 Å². The van der Waals surface area contributed by atoms with Crippen molar-refractivity contribution >= 4 is 16.0 Å². The molecule has 2 rings (SSSR count). The third-order valence-corrected chi connectivity index (χ3v) is 5.18. The summed E-state index contributed by atoms with van der Waals surface area (Å²) >= 11 is 0. The first-order chi connectivity index (χ1) is 9.94. The van der Waals surface area contributed by atoms with Gasteiger partial charge in [0.05, 0.1) is 17.6 Å². The first-order valence-corrected chi connectivity index (χ1v) is 8.38. The smallest absolute Gasteiger partial charge is 0.337 e. The molecule has 2 atom stereocenters. The molecule has 1 saturated carbocycles. The van der Waals surface area contributed by atoms with E-state index in [2.05, 4.69) is 9.46 Å². The Labute approximate surface area is 124 Å². The summed E-state index contributed by atoms with van der Waals surface area (Å²) in [4.78, 5) is 11.5. The predicted molar refractivity (Wildman–Crippen MR) is 78.3 cm³/mol. The fourth-order valence-electron chi connectivity index (χ4n) is 2.48. The molecular formula is C14H20N2O4S. The fourth-order valence-corrected chi connectivity index (χ4v) is 3.85. The second kappa shape index (κ2) is 6.55. The minimum absolute atomic E-state index is 0.0446. The van der Waals surface area contributed by atoms with Crippen molar-refractivity contribution < 1.29 is 17.9 Å². The minimum atomic E-state index is -3.69. The maximum atomic E-state index is 12.4. The standard InChI is InChI=1S/C14H20N2O4S/c1-20-14(17)10-5-4-6-11(9-10)21(18,19)16-13-8-3-2-7-12(13)15/h4-6,9,12-13,16H,2-3,7-8,15H2,1H3/t12-,13-/m1/s1. The van der Waals surface area contributed by atoms with Crippen LogP contribution in [-0.4, -0.2) is 33.6 Å². The van der Waals surface area contributed by atoms with E-state index >= 15 is 0 Å². The fraction of sp³-hybridized carbons (Fsp3) is 0.500. The van der Waals surface area contributed by atoms with Gasteiger partial charge in [-0.3, -0.25) is 0 Å². The monoisotopic (exact) mass is 312 g/mol. The molecule has 1 aliphatic rings. The van der Waals surface area contributed by atoms with E-state index in [0.717, 1.165) is 25.7 Å². The zero-order chi connectivity index (χ0) is 15.5. The molecule has 0 radical (unpaired) electrons. The Hall–Kier alpha value is -1.44. The topological polar surface area (TPSA) is 98.5 Å². The average Bonchev–Trinajstić information content (AvgIpc) is 2.49. The molecule has 6 nitrogen and oxygen atoms in total. The molecule has 0 heterocycles. The average molecular weight is 312 g/mol. The van der Waals surface area contributed by atoms with Crippen LogP contribution in [0.5, 0.6) is 0 Å². The zero-order valence-electron chi connectivity index (χ0n) is 11.9. The maximum Gasteiger partial charge on any atom is 0.337 e. The van der Waals surface area contributed by atoms with Gasteiger partial charge in [0.1, 0.15) is 0 Å². The van der Waals surface area contributed by atoms with Gasteiger partial charge in [-0.1, -0.05) is 18.9 Å². The Kier molecular flexibility index (Phi) is 4.97. The minimum Gasteiger partial charge on any atom is -0.465 e. The second-order valence-electron chi connectivity index (χ2n) is 5.20. The summed E-state index contributed by atoms with van der Waals surface area (Å²) in [6.45, 7) is 0. The van der Waals surface area contributed by atoms with Crippen LogP contribution in [-0.2, 0) is 14.8 Å². The zero-order valence-corrected chi connectivity index (χ0v) is 12.7. The number of rotatable bonds is 4. The van der Waals surface area contributed by atoms with E-state index in [1.165, 1.54) is 31.4 Å². The van der Waals surface area contributed by atoms with Crippen LogP contribution in [0, 0.1) is 0 Å². The van der Waals surface area contributed by atoms with Crippen LogP contribution in [0.2, 0.25) is 0 Å². The molecule has 0 aromatic heterocycles.